The van der Waals surface area contributed by atoms with E-state index in [0.29, 0.717) is 29.4 Å². The maximum atomic E-state index is 13.1. The van der Waals surface area contributed by atoms with Gasteiger partial charge in [0, 0.05) is 47.4 Å². The molecule has 2 aliphatic carbocycles. The van der Waals surface area contributed by atoms with Crippen LogP contribution in [-0.2, 0) is 4.79 Å². The molecule has 0 spiro atoms. The maximum Gasteiger partial charge on any atom is 0.228 e. The SMILES string of the molecule is CC(=O)c1ccc(NC(C)c2cn3cc(C4CC4)cc(Br)c3n2)cc1NC(=O)[C@H]1C[C@@H]1c1nccc(C)n1. The van der Waals surface area contributed by atoms with Gasteiger partial charge in [0.05, 0.1) is 21.9 Å². The zero-order chi connectivity index (χ0) is 26.6. The highest BCUT2D eigenvalue weighted by molar-refractivity contribution is 9.10. The van der Waals surface area contributed by atoms with Gasteiger partial charge in [-0.25, -0.2) is 15.0 Å². The zero-order valence-corrected chi connectivity index (χ0v) is 23.1. The first-order valence-corrected chi connectivity index (χ1v) is 13.8. The number of aryl methyl sites for hydroxylation is 1. The smallest absolute Gasteiger partial charge is 0.228 e. The maximum absolute atomic E-state index is 13.1. The van der Waals surface area contributed by atoms with E-state index in [9.17, 15) is 9.59 Å². The molecule has 9 heteroatoms. The number of benzene rings is 1. The van der Waals surface area contributed by atoms with Crippen molar-refractivity contribution < 1.29 is 9.59 Å². The summed E-state index contributed by atoms with van der Waals surface area (Å²) < 4.78 is 3.07. The van der Waals surface area contributed by atoms with Crippen LogP contribution in [0.15, 0.2) is 53.4 Å². The second kappa shape index (κ2) is 9.62. The highest BCUT2D eigenvalue weighted by atomic mass is 79.9. The summed E-state index contributed by atoms with van der Waals surface area (Å²) in [4.78, 5) is 39.0. The molecule has 0 saturated heterocycles. The number of nitrogens with zero attached hydrogens (tertiary/aromatic N) is 4. The molecule has 8 nitrogen and oxygen atoms in total. The molecule has 3 heterocycles. The lowest BCUT2D eigenvalue weighted by atomic mass is 10.1. The van der Waals surface area contributed by atoms with Crippen LogP contribution in [0.2, 0.25) is 0 Å². The van der Waals surface area contributed by atoms with Crippen LogP contribution < -0.4 is 10.6 Å². The molecule has 194 valence electrons. The first-order valence-electron chi connectivity index (χ1n) is 13.0. The first kappa shape index (κ1) is 24.7. The van der Waals surface area contributed by atoms with Crippen molar-refractivity contribution in [3.05, 3.63) is 81.7 Å². The van der Waals surface area contributed by atoms with Crippen molar-refractivity contribution in [2.24, 2.45) is 5.92 Å². The average Bonchev–Trinajstić information content (AvgIpc) is 3.80. The highest BCUT2D eigenvalue weighted by Gasteiger charge is 2.46. The van der Waals surface area contributed by atoms with Crippen LogP contribution in [0.5, 0.6) is 0 Å². The molecule has 2 fully saturated rings. The molecular weight excluding hydrogens is 544 g/mol. The number of anilines is 2. The second-order valence-corrected chi connectivity index (χ2v) is 11.3. The number of rotatable bonds is 8. The Labute approximate surface area is 229 Å². The van der Waals surface area contributed by atoms with Crippen molar-refractivity contribution in [3.8, 4) is 0 Å². The first-order chi connectivity index (χ1) is 18.3. The fraction of sp³-hybridized carbons (Fsp3) is 0.345. The molecule has 0 radical (unpaired) electrons. The van der Waals surface area contributed by atoms with Crippen LogP contribution in [-0.4, -0.2) is 31.0 Å². The van der Waals surface area contributed by atoms with Crippen molar-refractivity contribution in [2.45, 2.75) is 57.9 Å². The lowest BCUT2D eigenvalue weighted by molar-refractivity contribution is -0.117. The van der Waals surface area contributed by atoms with Gasteiger partial charge in [0.2, 0.25) is 5.91 Å². The fourth-order valence-electron chi connectivity index (χ4n) is 4.96. The summed E-state index contributed by atoms with van der Waals surface area (Å²) in [6, 6.07) is 9.36. The minimum atomic E-state index is -0.205. The number of imidazole rings is 1. The van der Waals surface area contributed by atoms with Gasteiger partial charge in [-0.2, -0.15) is 0 Å². The molecule has 2 N–H and O–H groups in total. The van der Waals surface area contributed by atoms with Crippen LogP contribution in [0, 0.1) is 12.8 Å². The number of amides is 1. The van der Waals surface area contributed by atoms with Crippen LogP contribution in [0.3, 0.4) is 0 Å². The van der Waals surface area contributed by atoms with Crippen molar-refractivity contribution in [2.75, 3.05) is 10.6 Å². The molecule has 4 aromatic rings. The Balaban J connectivity index is 1.19. The zero-order valence-electron chi connectivity index (χ0n) is 21.5. The number of Topliss-reactive ketones (excluding diaryl/α,β-unsaturated/α-hetero) is 1. The number of carbonyl (C=O) groups is 2. The molecule has 3 aromatic heterocycles. The summed E-state index contributed by atoms with van der Waals surface area (Å²) in [5, 5.41) is 6.47. The molecule has 0 aliphatic heterocycles. The van der Waals surface area contributed by atoms with Crippen LogP contribution >= 0.6 is 15.9 Å². The van der Waals surface area contributed by atoms with E-state index in [1.54, 1.807) is 12.3 Å². The fourth-order valence-corrected chi connectivity index (χ4v) is 5.51. The molecule has 1 unspecified atom stereocenters. The van der Waals surface area contributed by atoms with Crippen molar-refractivity contribution >= 4 is 44.6 Å². The van der Waals surface area contributed by atoms with Gasteiger partial charge in [-0.05, 0) is 97.8 Å². The molecule has 3 atom stereocenters. The molecule has 2 saturated carbocycles. The Morgan fingerprint density at radius 3 is 2.68 bits per heavy atom. The number of ketones is 1. The third kappa shape index (κ3) is 4.95. The third-order valence-corrected chi connectivity index (χ3v) is 7.93. The quantitative estimate of drug-likeness (QED) is 0.244. The molecular formula is C29H29BrN6O2. The molecule has 38 heavy (non-hydrogen) atoms. The Morgan fingerprint density at radius 2 is 1.95 bits per heavy atom. The Hall–Kier alpha value is -3.59. The van der Waals surface area contributed by atoms with E-state index >= 15 is 0 Å². The number of halogens is 1. The molecule has 6 rings (SSSR count). The van der Waals surface area contributed by atoms with Gasteiger partial charge < -0.3 is 15.0 Å². The largest absolute Gasteiger partial charge is 0.377 e. The average molecular weight is 573 g/mol. The number of carbonyl (C=O) groups excluding carboxylic acids is 2. The number of aromatic nitrogens is 4. The summed E-state index contributed by atoms with van der Waals surface area (Å²) in [5.41, 5.74) is 5.78. The molecule has 2 aliphatic rings. The van der Waals surface area contributed by atoms with E-state index < -0.39 is 0 Å². The van der Waals surface area contributed by atoms with Gasteiger partial charge in [0.1, 0.15) is 5.82 Å². The van der Waals surface area contributed by atoms with Gasteiger partial charge in [0.15, 0.2) is 11.4 Å². The number of hydrogen-bond acceptors (Lipinski definition) is 6. The van der Waals surface area contributed by atoms with Gasteiger partial charge in [0.25, 0.3) is 0 Å². The van der Waals surface area contributed by atoms with Crippen molar-refractivity contribution in [3.63, 3.8) is 0 Å². The lowest BCUT2D eigenvalue weighted by Crippen LogP contribution is -2.17. The van der Waals surface area contributed by atoms with E-state index in [4.69, 9.17) is 4.98 Å². The van der Waals surface area contributed by atoms with Gasteiger partial charge in [-0.1, -0.05) is 0 Å². The Bertz CT molecular complexity index is 1580. The van der Waals surface area contributed by atoms with Crippen molar-refractivity contribution in [1.29, 1.82) is 0 Å². The van der Waals surface area contributed by atoms with E-state index in [2.05, 4.69) is 59.4 Å². The Morgan fingerprint density at radius 1 is 1.13 bits per heavy atom. The molecule has 1 amide bonds. The minimum Gasteiger partial charge on any atom is -0.377 e. The summed E-state index contributed by atoms with van der Waals surface area (Å²) in [5.74, 6) is 0.927. The molecule has 1 aromatic carbocycles. The van der Waals surface area contributed by atoms with Gasteiger partial charge in [-0.15, -0.1) is 0 Å². The molecule has 0 bridgehead atoms. The van der Waals surface area contributed by atoms with Crippen LogP contribution in [0.4, 0.5) is 11.4 Å². The second-order valence-electron chi connectivity index (χ2n) is 10.5. The standard InChI is InChI=1S/C29H29BrN6O2/c1-15-8-9-31-27(32-15)22-12-23(22)29(38)35-25-11-20(6-7-21(25)17(3)37)33-16(2)26-14-36-13-19(18-4-5-18)10-24(30)28(36)34-26/h6-11,13-14,16,18,22-23,33H,4-5,12H2,1-3H3,(H,35,38)/t16?,22-,23-/m0/s1. The summed E-state index contributed by atoms with van der Waals surface area (Å²) in [6.45, 7) is 5.47. The predicted molar refractivity (Wildman–Crippen MR) is 150 cm³/mol. The van der Waals surface area contributed by atoms with E-state index in [0.717, 1.165) is 27.2 Å². The third-order valence-electron chi connectivity index (χ3n) is 7.35. The van der Waals surface area contributed by atoms with E-state index in [1.807, 2.05) is 32.0 Å². The van der Waals surface area contributed by atoms with E-state index in [1.165, 1.54) is 25.3 Å². The van der Waals surface area contributed by atoms with Gasteiger partial charge in [-0.3, -0.25) is 9.59 Å². The number of hydrogen-bond donors (Lipinski definition) is 2. The minimum absolute atomic E-state index is 0.00631. The lowest BCUT2D eigenvalue weighted by Gasteiger charge is -2.16. The monoisotopic (exact) mass is 572 g/mol. The number of fused-ring (bicyclic) bond motifs is 1. The normalized spacial score (nSPS) is 19.3. The summed E-state index contributed by atoms with van der Waals surface area (Å²) in [6.07, 6.45) is 9.13. The van der Waals surface area contributed by atoms with Crippen LogP contribution in [0.25, 0.3) is 5.65 Å². The Kier molecular flexibility index (Phi) is 6.26. The number of pyridine rings is 1. The summed E-state index contributed by atoms with van der Waals surface area (Å²) in [7, 11) is 0. The topological polar surface area (TPSA) is 101 Å². The predicted octanol–water partition coefficient (Wildman–Crippen LogP) is 6.19. The van der Waals surface area contributed by atoms with Gasteiger partial charge >= 0.3 is 0 Å². The van der Waals surface area contributed by atoms with Crippen molar-refractivity contribution in [1.82, 2.24) is 19.4 Å². The summed E-state index contributed by atoms with van der Waals surface area (Å²) >= 11 is 3.68. The van der Waals surface area contributed by atoms with E-state index in [-0.39, 0.29) is 29.6 Å². The number of nitrogens with one attached hydrogen (secondary N) is 2. The van der Waals surface area contributed by atoms with Crippen LogP contribution in [0.1, 0.15) is 84.1 Å². The highest BCUT2D eigenvalue weighted by Crippen LogP contribution is 2.47.